The molecule has 0 aliphatic heterocycles. The van der Waals surface area contributed by atoms with Gasteiger partial charge in [-0.3, -0.25) is 0 Å². The molecule has 0 rings (SSSR count). The Morgan fingerprint density at radius 1 is 1.71 bits per heavy atom. The summed E-state index contributed by atoms with van der Waals surface area (Å²) in [5.41, 5.74) is 0. The molecule has 0 aromatic heterocycles. The minimum absolute atomic E-state index is 0.588. The molecule has 0 aliphatic rings. The van der Waals surface area contributed by atoms with Crippen molar-refractivity contribution in [2.45, 2.75) is 13.0 Å². The van der Waals surface area contributed by atoms with Gasteiger partial charge in [0.15, 0.2) is 0 Å². The van der Waals surface area contributed by atoms with Crippen molar-refractivity contribution in [1.29, 1.82) is 10.8 Å². The van der Waals surface area contributed by atoms with Crippen LogP contribution in [-0.2, 0) is 0 Å². The summed E-state index contributed by atoms with van der Waals surface area (Å²) in [5.74, 6) is 2.08. The van der Waals surface area contributed by atoms with Gasteiger partial charge >= 0.3 is 0 Å². The lowest BCUT2D eigenvalue weighted by Gasteiger charge is -1.80. The van der Waals surface area contributed by atoms with E-state index in [0.29, 0.717) is 0 Å². The molecule has 0 saturated heterocycles. The van der Waals surface area contributed by atoms with Crippen molar-refractivity contribution in [2.75, 3.05) is 0 Å². The highest BCUT2D eigenvalue weighted by Gasteiger charge is 1.75. The molecular formula is C4H6N2O. The maximum Gasteiger partial charge on any atom is 0.111 e. The molecule has 7 heavy (non-hydrogen) atoms. The first-order valence-electron chi connectivity index (χ1n) is 1.61. The maximum absolute atomic E-state index is 8.12. The molecule has 1 atom stereocenters. The molecular weight excluding hydrogens is 92.1 g/mol. The van der Waals surface area contributed by atoms with Crippen molar-refractivity contribution in [3.63, 3.8) is 0 Å². The number of nitrogens with zero attached hydrogens (tertiary/aromatic N) is 2. The Balaban J connectivity index is 0. The van der Waals surface area contributed by atoms with Crippen molar-refractivity contribution in [1.82, 2.24) is 0 Å². The monoisotopic (exact) mass is 98.0 g/mol. The summed E-state index contributed by atoms with van der Waals surface area (Å²) in [7, 11) is 0. The normalized spacial score (nSPS) is 9.57. The zero-order valence-electron chi connectivity index (χ0n) is 4.00. The molecule has 0 heterocycles. The molecule has 1 N–H and O–H groups in total. The standard InChI is InChI=1S/C4H6O.N2/c1-3-4(2)5;1-2/h1,4-5H,2H3;. The number of aliphatic hydroxyl groups excluding tert-OH is 1. The fourth-order valence-electron chi connectivity index (χ4n) is 0. The van der Waals surface area contributed by atoms with E-state index in [-0.39, 0.29) is 0 Å². The Morgan fingerprint density at radius 2 is 1.86 bits per heavy atom. The summed E-state index contributed by atoms with van der Waals surface area (Å²) in [6, 6.07) is 0. The van der Waals surface area contributed by atoms with Crippen LogP contribution in [0.25, 0.3) is 0 Å². The summed E-state index contributed by atoms with van der Waals surface area (Å²) < 4.78 is 0. The second-order valence-corrected chi connectivity index (χ2v) is 0.843. The van der Waals surface area contributed by atoms with Crippen LogP contribution in [-0.4, -0.2) is 11.2 Å². The molecule has 38 valence electrons. The molecule has 0 bridgehead atoms. The van der Waals surface area contributed by atoms with E-state index in [4.69, 9.17) is 15.9 Å². The number of hydrogen-bond donors (Lipinski definition) is 1. The minimum atomic E-state index is -0.588. The van der Waals surface area contributed by atoms with Crippen LogP contribution in [0.15, 0.2) is 0 Å². The lowest BCUT2D eigenvalue weighted by Crippen LogP contribution is -1.90. The van der Waals surface area contributed by atoms with Crippen LogP contribution in [0.5, 0.6) is 0 Å². The predicted molar refractivity (Wildman–Crippen MR) is 24.0 cm³/mol. The fourth-order valence-corrected chi connectivity index (χ4v) is 0. The van der Waals surface area contributed by atoms with Crippen molar-refractivity contribution in [3.8, 4) is 12.3 Å². The third-order valence-electron chi connectivity index (χ3n) is 0.241. The minimum Gasteiger partial charge on any atom is -0.381 e. The first kappa shape index (κ1) is 9.34. The van der Waals surface area contributed by atoms with Gasteiger partial charge in [-0.15, -0.1) is 6.42 Å². The van der Waals surface area contributed by atoms with Gasteiger partial charge in [-0.25, -0.2) is 0 Å². The molecule has 0 fully saturated rings. The Kier molecular flexibility index (Phi) is 11.8. The molecule has 0 aromatic carbocycles. The van der Waals surface area contributed by atoms with Crippen LogP contribution in [0.2, 0.25) is 0 Å². The van der Waals surface area contributed by atoms with Crippen LogP contribution in [0.1, 0.15) is 6.92 Å². The van der Waals surface area contributed by atoms with Crippen molar-refractivity contribution in [3.05, 3.63) is 0 Å². The van der Waals surface area contributed by atoms with Crippen molar-refractivity contribution >= 4 is 0 Å². The van der Waals surface area contributed by atoms with Crippen LogP contribution in [0.3, 0.4) is 0 Å². The van der Waals surface area contributed by atoms with Gasteiger partial charge in [-0.2, -0.15) is 0 Å². The van der Waals surface area contributed by atoms with E-state index in [1.807, 2.05) is 0 Å². The largest absolute Gasteiger partial charge is 0.381 e. The van der Waals surface area contributed by atoms with E-state index in [9.17, 15) is 0 Å². The van der Waals surface area contributed by atoms with Gasteiger partial charge < -0.3 is 5.11 Å². The number of hydrogen-bond acceptors (Lipinski definition) is 3. The predicted octanol–water partition coefficient (Wildman–Crippen LogP) is 0.0306. The van der Waals surface area contributed by atoms with Crippen LogP contribution < -0.4 is 0 Å². The molecule has 3 heteroatoms. The van der Waals surface area contributed by atoms with Gasteiger partial charge in [0, 0.05) is 10.8 Å². The molecule has 0 radical (unpaired) electrons. The quantitative estimate of drug-likeness (QED) is 0.343. The molecule has 0 aromatic rings. The second-order valence-electron chi connectivity index (χ2n) is 0.843. The Labute approximate surface area is 42.4 Å². The van der Waals surface area contributed by atoms with Crippen LogP contribution >= 0.6 is 0 Å². The van der Waals surface area contributed by atoms with E-state index in [2.05, 4.69) is 12.3 Å². The number of aliphatic hydroxyl groups is 1. The average molecular weight is 98.1 g/mol. The van der Waals surface area contributed by atoms with E-state index >= 15 is 0 Å². The van der Waals surface area contributed by atoms with E-state index in [1.54, 1.807) is 6.92 Å². The molecule has 3 nitrogen and oxygen atoms in total. The Morgan fingerprint density at radius 3 is 1.86 bits per heavy atom. The van der Waals surface area contributed by atoms with Gasteiger partial charge in [-0.1, -0.05) is 5.92 Å². The van der Waals surface area contributed by atoms with Gasteiger partial charge in [0.2, 0.25) is 0 Å². The fraction of sp³-hybridized carbons (Fsp3) is 0.500. The summed E-state index contributed by atoms with van der Waals surface area (Å²) in [6.07, 6.45) is 4.08. The van der Waals surface area contributed by atoms with Gasteiger partial charge in [0.1, 0.15) is 6.10 Å². The highest BCUT2D eigenvalue weighted by atomic mass is 16.3. The van der Waals surface area contributed by atoms with Gasteiger partial charge in [0.25, 0.3) is 0 Å². The third-order valence-corrected chi connectivity index (χ3v) is 0.241. The zero-order valence-corrected chi connectivity index (χ0v) is 4.00. The lowest BCUT2D eigenvalue weighted by atomic mass is 10.4. The van der Waals surface area contributed by atoms with Gasteiger partial charge in [0.05, 0.1) is 0 Å². The smallest absolute Gasteiger partial charge is 0.111 e. The summed E-state index contributed by atoms with van der Waals surface area (Å²) >= 11 is 0. The van der Waals surface area contributed by atoms with E-state index in [1.165, 1.54) is 0 Å². The second kappa shape index (κ2) is 8.87. The topological polar surface area (TPSA) is 67.8 Å². The van der Waals surface area contributed by atoms with Crippen LogP contribution in [0.4, 0.5) is 0 Å². The highest BCUT2D eigenvalue weighted by molar-refractivity contribution is 4.89. The molecule has 0 saturated carbocycles. The van der Waals surface area contributed by atoms with E-state index in [0.717, 1.165) is 0 Å². The van der Waals surface area contributed by atoms with Crippen molar-refractivity contribution in [2.24, 2.45) is 0 Å². The number of terminal acetylenes is 1. The average Bonchev–Trinajstić information content (AvgIpc) is 1.73. The van der Waals surface area contributed by atoms with E-state index < -0.39 is 6.10 Å². The highest BCUT2D eigenvalue weighted by Crippen LogP contribution is 1.66. The van der Waals surface area contributed by atoms with Crippen LogP contribution in [0, 0.1) is 23.1 Å². The maximum atomic E-state index is 8.12. The zero-order chi connectivity index (χ0) is 6.28. The molecule has 0 aliphatic carbocycles. The summed E-state index contributed by atoms with van der Waals surface area (Å²) in [5, 5.41) is 20.1. The summed E-state index contributed by atoms with van der Waals surface area (Å²) in [6.45, 7) is 1.54. The van der Waals surface area contributed by atoms with Gasteiger partial charge in [-0.05, 0) is 6.92 Å². The summed E-state index contributed by atoms with van der Waals surface area (Å²) in [4.78, 5) is 0. The molecule has 1 unspecified atom stereocenters. The first-order valence-corrected chi connectivity index (χ1v) is 1.61. The lowest BCUT2D eigenvalue weighted by molar-refractivity contribution is 0.253. The SMILES string of the molecule is C#CC(C)O.N#N. The first-order chi connectivity index (χ1) is 3.27. The molecule has 0 amide bonds. The number of rotatable bonds is 0. The molecule has 0 spiro atoms. The van der Waals surface area contributed by atoms with Crippen molar-refractivity contribution < 1.29 is 5.11 Å². The Bertz CT molecular complexity index is 79.4. The Hall–Kier alpha value is -1.06. The third kappa shape index (κ3) is 48.3.